The lowest BCUT2D eigenvalue weighted by molar-refractivity contribution is 0.666. The maximum atomic E-state index is 6.07. The van der Waals surface area contributed by atoms with E-state index in [-0.39, 0.29) is 0 Å². The van der Waals surface area contributed by atoms with Crippen molar-refractivity contribution in [1.29, 1.82) is 0 Å². The topological polar surface area (TPSA) is 55.3 Å². The summed E-state index contributed by atoms with van der Waals surface area (Å²) in [6.07, 6.45) is 3.66. The van der Waals surface area contributed by atoms with Gasteiger partial charge in [0, 0.05) is 49.4 Å². The third-order valence-electron chi connectivity index (χ3n) is 9.34. The molecule has 230 valence electrons. The molecule has 10 aromatic rings. The third kappa shape index (κ3) is 4.55. The standard InChI is InChI=1S/C44H27N3O2/c1-2-16-33-28(10-1)11-9-19-40(33)47(31-14-7-12-29(22-31)38-24-36-34-17-3-5-20-41(34)48-43(36)26-45-38)32-15-8-13-30(23-32)39-25-37-35-18-4-6-21-42(35)49-44(37)27-46-39/h1-27H. The van der Waals surface area contributed by atoms with Crippen molar-refractivity contribution in [3.05, 3.63) is 164 Å². The van der Waals surface area contributed by atoms with Gasteiger partial charge >= 0.3 is 0 Å². The number of furan rings is 2. The summed E-state index contributed by atoms with van der Waals surface area (Å²) in [5, 5.41) is 6.62. The van der Waals surface area contributed by atoms with Gasteiger partial charge in [-0.2, -0.15) is 0 Å². The summed E-state index contributed by atoms with van der Waals surface area (Å²) in [4.78, 5) is 12.0. The van der Waals surface area contributed by atoms with Crippen molar-refractivity contribution in [3.8, 4) is 22.5 Å². The van der Waals surface area contributed by atoms with Crippen LogP contribution in [0.4, 0.5) is 17.1 Å². The highest BCUT2D eigenvalue weighted by Crippen LogP contribution is 2.42. The molecule has 0 aliphatic carbocycles. The van der Waals surface area contributed by atoms with E-state index >= 15 is 0 Å². The Balaban J connectivity index is 1.14. The number of aromatic nitrogens is 2. The van der Waals surface area contributed by atoms with Gasteiger partial charge in [-0.3, -0.25) is 9.97 Å². The van der Waals surface area contributed by atoms with Crippen LogP contribution in [0.2, 0.25) is 0 Å². The first-order valence-corrected chi connectivity index (χ1v) is 16.3. The number of pyridine rings is 2. The van der Waals surface area contributed by atoms with Crippen molar-refractivity contribution in [1.82, 2.24) is 9.97 Å². The molecule has 0 atom stereocenters. The monoisotopic (exact) mass is 629 g/mol. The minimum Gasteiger partial charge on any atom is -0.454 e. The van der Waals surface area contributed by atoms with E-state index in [0.29, 0.717) is 0 Å². The van der Waals surface area contributed by atoms with E-state index in [4.69, 9.17) is 18.8 Å². The lowest BCUT2D eigenvalue weighted by Crippen LogP contribution is -2.10. The normalized spacial score (nSPS) is 11.7. The molecule has 0 aliphatic rings. The summed E-state index contributed by atoms with van der Waals surface area (Å²) in [5.41, 5.74) is 10.2. The van der Waals surface area contributed by atoms with Crippen LogP contribution in [0.15, 0.2) is 173 Å². The summed E-state index contributed by atoms with van der Waals surface area (Å²) in [5.74, 6) is 0. The molecule has 0 amide bonds. The van der Waals surface area contributed by atoms with Crippen molar-refractivity contribution >= 4 is 71.7 Å². The maximum absolute atomic E-state index is 6.07. The summed E-state index contributed by atoms with van der Waals surface area (Å²) < 4.78 is 12.1. The van der Waals surface area contributed by atoms with Gasteiger partial charge in [-0.25, -0.2) is 0 Å². The van der Waals surface area contributed by atoms with Gasteiger partial charge in [0.2, 0.25) is 0 Å². The maximum Gasteiger partial charge on any atom is 0.153 e. The molecule has 4 aromatic heterocycles. The van der Waals surface area contributed by atoms with Crippen molar-refractivity contribution in [3.63, 3.8) is 0 Å². The van der Waals surface area contributed by atoms with Gasteiger partial charge in [0.25, 0.3) is 0 Å². The first kappa shape index (κ1) is 27.4. The molecular weight excluding hydrogens is 603 g/mol. The van der Waals surface area contributed by atoms with Crippen LogP contribution in [-0.4, -0.2) is 9.97 Å². The molecule has 0 unspecified atom stereocenters. The highest BCUT2D eigenvalue weighted by molar-refractivity contribution is 6.07. The van der Waals surface area contributed by atoms with E-state index in [1.165, 1.54) is 5.39 Å². The molecule has 0 saturated carbocycles. The summed E-state index contributed by atoms with van der Waals surface area (Å²) in [6, 6.07) is 52.7. The Morgan fingerprint density at radius 1 is 0.388 bits per heavy atom. The van der Waals surface area contributed by atoms with Gasteiger partial charge in [-0.1, -0.05) is 97.1 Å². The predicted molar refractivity (Wildman–Crippen MR) is 200 cm³/mol. The highest BCUT2D eigenvalue weighted by Gasteiger charge is 2.18. The minimum atomic E-state index is 0.783. The van der Waals surface area contributed by atoms with Crippen LogP contribution in [0.1, 0.15) is 0 Å². The van der Waals surface area contributed by atoms with Gasteiger partial charge in [0.15, 0.2) is 11.2 Å². The molecule has 0 radical (unpaired) electrons. The van der Waals surface area contributed by atoms with Crippen LogP contribution in [0.3, 0.4) is 0 Å². The second-order valence-electron chi connectivity index (χ2n) is 12.3. The first-order valence-electron chi connectivity index (χ1n) is 16.3. The molecule has 4 heterocycles. The number of benzene rings is 6. The van der Waals surface area contributed by atoms with Crippen LogP contribution in [-0.2, 0) is 0 Å². The van der Waals surface area contributed by atoms with Gasteiger partial charge in [0.05, 0.1) is 29.5 Å². The Labute approximate surface area is 281 Å². The Hall–Kier alpha value is -6.72. The number of hydrogen-bond acceptors (Lipinski definition) is 5. The first-order chi connectivity index (χ1) is 24.3. The van der Waals surface area contributed by atoms with Gasteiger partial charge < -0.3 is 13.7 Å². The number of para-hydroxylation sites is 2. The van der Waals surface area contributed by atoms with E-state index in [0.717, 1.165) is 88.8 Å². The van der Waals surface area contributed by atoms with Crippen LogP contribution < -0.4 is 4.90 Å². The van der Waals surface area contributed by atoms with E-state index in [1.807, 2.05) is 48.8 Å². The zero-order valence-corrected chi connectivity index (χ0v) is 26.2. The van der Waals surface area contributed by atoms with Gasteiger partial charge in [-0.05, 0) is 60.0 Å². The summed E-state index contributed by atoms with van der Waals surface area (Å²) >= 11 is 0. The Morgan fingerprint density at radius 2 is 0.878 bits per heavy atom. The number of rotatable bonds is 5. The fraction of sp³-hybridized carbons (Fsp3) is 0. The second kappa shape index (κ2) is 10.9. The average Bonchev–Trinajstić information content (AvgIpc) is 3.73. The van der Waals surface area contributed by atoms with Gasteiger partial charge in [-0.15, -0.1) is 0 Å². The minimum absolute atomic E-state index is 0.783. The summed E-state index contributed by atoms with van der Waals surface area (Å²) in [6.45, 7) is 0. The van der Waals surface area contributed by atoms with E-state index in [1.54, 1.807) is 0 Å². The van der Waals surface area contributed by atoms with Crippen LogP contribution in [0.5, 0.6) is 0 Å². The Kier molecular flexibility index (Phi) is 6.11. The molecule has 0 saturated heterocycles. The fourth-order valence-electron chi connectivity index (χ4n) is 7.02. The molecule has 10 rings (SSSR count). The number of fused-ring (bicyclic) bond motifs is 7. The third-order valence-corrected chi connectivity index (χ3v) is 9.34. The molecule has 6 aromatic carbocycles. The van der Waals surface area contributed by atoms with Gasteiger partial charge in [0.1, 0.15) is 11.2 Å². The van der Waals surface area contributed by atoms with E-state index in [9.17, 15) is 0 Å². The Bertz CT molecular complexity index is 2700. The molecule has 0 N–H and O–H groups in total. The van der Waals surface area contributed by atoms with Crippen LogP contribution in [0.25, 0.3) is 77.2 Å². The smallest absolute Gasteiger partial charge is 0.153 e. The molecule has 5 nitrogen and oxygen atoms in total. The van der Waals surface area contributed by atoms with Crippen molar-refractivity contribution in [2.24, 2.45) is 0 Å². The molecule has 0 bridgehead atoms. The fourth-order valence-corrected chi connectivity index (χ4v) is 7.02. The lowest BCUT2D eigenvalue weighted by Gasteiger charge is -2.27. The summed E-state index contributed by atoms with van der Waals surface area (Å²) in [7, 11) is 0. The number of hydrogen-bond donors (Lipinski definition) is 0. The van der Waals surface area contributed by atoms with Crippen LogP contribution in [0, 0.1) is 0 Å². The highest BCUT2D eigenvalue weighted by atomic mass is 16.3. The van der Waals surface area contributed by atoms with Crippen molar-refractivity contribution in [2.75, 3.05) is 4.90 Å². The number of nitrogens with zero attached hydrogens (tertiary/aromatic N) is 3. The number of anilines is 3. The zero-order valence-electron chi connectivity index (χ0n) is 26.2. The molecule has 0 fully saturated rings. The molecule has 5 heteroatoms. The average molecular weight is 630 g/mol. The zero-order chi connectivity index (χ0) is 32.3. The van der Waals surface area contributed by atoms with E-state index < -0.39 is 0 Å². The largest absolute Gasteiger partial charge is 0.454 e. The molecule has 0 spiro atoms. The predicted octanol–water partition coefficient (Wildman–Crippen LogP) is 12.2. The molecule has 0 aliphatic heterocycles. The lowest BCUT2D eigenvalue weighted by atomic mass is 10.0. The Morgan fingerprint density at radius 3 is 1.47 bits per heavy atom. The SMILES string of the molecule is c1cc(-c2cc3c(cn2)oc2ccccc23)cc(N(c2cccc(-c3cc4c(cn3)oc3ccccc34)c2)c2cccc3ccccc23)c1. The molecular formula is C44H27N3O2. The quantitative estimate of drug-likeness (QED) is 0.190. The second-order valence-corrected chi connectivity index (χ2v) is 12.3. The van der Waals surface area contributed by atoms with E-state index in [2.05, 4.69) is 120 Å². The van der Waals surface area contributed by atoms with Crippen molar-refractivity contribution < 1.29 is 8.83 Å². The van der Waals surface area contributed by atoms with Crippen molar-refractivity contribution in [2.45, 2.75) is 0 Å². The van der Waals surface area contributed by atoms with Crippen LogP contribution >= 0.6 is 0 Å². The molecule has 49 heavy (non-hydrogen) atoms.